The Hall–Kier alpha value is 0.401. The van der Waals surface area contributed by atoms with Gasteiger partial charge in [-0.15, -0.1) is 0 Å². The summed E-state index contributed by atoms with van der Waals surface area (Å²) in [6.45, 7) is -0.818. The minimum absolute atomic E-state index is 0. The molecule has 3 nitrogen and oxygen atoms in total. The minimum Gasteiger partial charge on any atom is -0.489 e. The standard InChI is InChI=1S/C12H16BF3NO2.K/c1-12(2)4-3-10(19-12)8-18-11-5-9(6-17-7-11)13(14,15)16;/h5-7,10H,3-4,8H2,1-2H3;/q-1;+1. The van der Waals surface area contributed by atoms with Crippen molar-refractivity contribution in [3.8, 4) is 5.75 Å². The molecule has 0 N–H and O–H groups in total. The molecule has 0 bridgehead atoms. The Balaban J connectivity index is 0.00000200. The normalized spacial score (nSPS) is 21.4. The van der Waals surface area contributed by atoms with Crippen molar-refractivity contribution in [2.45, 2.75) is 38.4 Å². The molecule has 1 aliphatic heterocycles. The number of ether oxygens (including phenoxy) is 2. The smallest absolute Gasteiger partial charge is 0.489 e. The van der Waals surface area contributed by atoms with E-state index in [0.717, 1.165) is 25.1 Å². The molecule has 0 aromatic carbocycles. The van der Waals surface area contributed by atoms with Crippen LogP contribution in [0, 0.1) is 0 Å². The van der Waals surface area contributed by atoms with Crippen LogP contribution < -0.4 is 61.6 Å². The molecule has 1 aromatic heterocycles. The summed E-state index contributed by atoms with van der Waals surface area (Å²) in [4.78, 5) is 3.55. The summed E-state index contributed by atoms with van der Waals surface area (Å²) >= 11 is 0. The molecule has 1 saturated heterocycles. The van der Waals surface area contributed by atoms with Gasteiger partial charge in [0, 0.05) is 6.20 Å². The Morgan fingerprint density at radius 2 is 2.10 bits per heavy atom. The van der Waals surface area contributed by atoms with Crippen molar-refractivity contribution in [1.29, 1.82) is 0 Å². The van der Waals surface area contributed by atoms with E-state index in [9.17, 15) is 12.9 Å². The van der Waals surface area contributed by atoms with E-state index in [-0.39, 0.29) is 75.4 Å². The third kappa shape index (κ3) is 5.31. The summed E-state index contributed by atoms with van der Waals surface area (Å²) in [6.07, 6.45) is 3.79. The third-order valence-corrected chi connectivity index (χ3v) is 3.10. The minimum atomic E-state index is -5.04. The zero-order valence-corrected chi connectivity index (χ0v) is 15.0. The van der Waals surface area contributed by atoms with Crippen LogP contribution >= 0.6 is 0 Å². The van der Waals surface area contributed by atoms with E-state index in [1.165, 1.54) is 6.20 Å². The maximum absolute atomic E-state index is 12.6. The van der Waals surface area contributed by atoms with Crippen LogP contribution in [0.5, 0.6) is 5.75 Å². The first-order valence-electron chi connectivity index (χ1n) is 6.22. The first-order valence-corrected chi connectivity index (χ1v) is 6.22. The number of halogens is 3. The SMILES string of the molecule is CC1(C)CCC(COc2cncc([B-](F)(F)F)c2)O1.[K+]. The fourth-order valence-corrected chi connectivity index (χ4v) is 2.08. The van der Waals surface area contributed by atoms with E-state index < -0.39 is 12.4 Å². The van der Waals surface area contributed by atoms with Crippen molar-refractivity contribution in [3.63, 3.8) is 0 Å². The molecule has 0 aliphatic carbocycles. The number of hydrogen-bond acceptors (Lipinski definition) is 3. The van der Waals surface area contributed by atoms with Crippen molar-refractivity contribution in [2.75, 3.05) is 6.61 Å². The molecular weight excluding hydrogens is 297 g/mol. The second-order valence-corrected chi connectivity index (χ2v) is 5.38. The number of pyridine rings is 1. The number of rotatable bonds is 4. The first kappa shape index (κ1) is 18.5. The van der Waals surface area contributed by atoms with Gasteiger partial charge in [-0.3, -0.25) is 4.98 Å². The van der Waals surface area contributed by atoms with Gasteiger partial charge < -0.3 is 22.4 Å². The van der Waals surface area contributed by atoms with Crippen LogP contribution in [0.25, 0.3) is 0 Å². The zero-order valence-electron chi connectivity index (χ0n) is 11.9. The summed E-state index contributed by atoms with van der Waals surface area (Å²) < 4.78 is 48.7. The molecule has 0 radical (unpaired) electrons. The average Bonchev–Trinajstić information content (AvgIpc) is 2.66. The van der Waals surface area contributed by atoms with Gasteiger partial charge in [-0.25, -0.2) is 0 Å². The van der Waals surface area contributed by atoms with Crippen molar-refractivity contribution < 1.29 is 73.8 Å². The van der Waals surface area contributed by atoms with Gasteiger partial charge >= 0.3 is 58.4 Å². The zero-order chi connectivity index (χ0) is 14.1. The third-order valence-electron chi connectivity index (χ3n) is 3.10. The van der Waals surface area contributed by atoms with Gasteiger partial charge in [-0.1, -0.05) is 5.46 Å². The summed E-state index contributed by atoms with van der Waals surface area (Å²) in [5.41, 5.74) is -0.923. The van der Waals surface area contributed by atoms with E-state index >= 15 is 0 Å². The molecular formula is C12H16BF3KNO2. The summed E-state index contributed by atoms with van der Waals surface area (Å²) in [5.74, 6) is 0.130. The van der Waals surface area contributed by atoms with E-state index in [1.54, 1.807) is 0 Å². The quantitative estimate of drug-likeness (QED) is 0.701. The fourth-order valence-electron chi connectivity index (χ4n) is 2.08. The van der Waals surface area contributed by atoms with Gasteiger partial charge in [0.05, 0.1) is 17.9 Å². The second kappa shape index (κ2) is 7.11. The topological polar surface area (TPSA) is 31.4 Å². The molecule has 0 spiro atoms. The van der Waals surface area contributed by atoms with Gasteiger partial charge in [0.15, 0.2) is 0 Å². The van der Waals surface area contributed by atoms with Crippen LogP contribution in [-0.2, 0) is 4.74 Å². The molecule has 1 aromatic rings. The van der Waals surface area contributed by atoms with Crippen molar-refractivity contribution in [3.05, 3.63) is 18.5 Å². The molecule has 1 fully saturated rings. The Bertz CT molecular complexity index is 457. The molecule has 8 heteroatoms. The van der Waals surface area contributed by atoms with Gasteiger partial charge in [-0.2, -0.15) is 0 Å². The predicted octanol–water partition coefficient (Wildman–Crippen LogP) is -0.524. The van der Waals surface area contributed by atoms with Crippen LogP contribution in [0.3, 0.4) is 0 Å². The average molecular weight is 313 g/mol. The van der Waals surface area contributed by atoms with E-state index in [0.29, 0.717) is 0 Å². The Kier molecular flexibility index (Phi) is 6.56. The Morgan fingerprint density at radius 3 is 2.65 bits per heavy atom. The molecule has 106 valence electrons. The molecule has 2 heterocycles. The molecule has 0 amide bonds. The Labute approximate surface area is 159 Å². The summed E-state index contributed by atoms with van der Waals surface area (Å²) in [6, 6.07) is 0.979. The van der Waals surface area contributed by atoms with Crippen LogP contribution in [0.2, 0.25) is 0 Å². The fraction of sp³-hybridized carbons (Fsp3) is 0.583. The first-order chi connectivity index (χ1) is 8.76. The van der Waals surface area contributed by atoms with Crippen LogP contribution in [0.4, 0.5) is 12.9 Å². The van der Waals surface area contributed by atoms with Gasteiger partial charge in [0.25, 0.3) is 0 Å². The van der Waals surface area contributed by atoms with Gasteiger partial charge in [0.1, 0.15) is 12.4 Å². The summed E-state index contributed by atoms with van der Waals surface area (Å²) in [7, 11) is 0. The maximum atomic E-state index is 12.6. The number of aromatic nitrogens is 1. The largest absolute Gasteiger partial charge is 1.00 e. The van der Waals surface area contributed by atoms with Crippen LogP contribution in [0.15, 0.2) is 18.5 Å². The molecule has 1 unspecified atom stereocenters. The molecule has 1 atom stereocenters. The van der Waals surface area contributed by atoms with Crippen molar-refractivity contribution >= 4 is 12.4 Å². The molecule has 1 aliphatic rings. The van der Waals surface area contributed by atoms with E-state index in [1.807, 2.05) is 13.8 Å². The van der Waals surface area contributed by atoms with Gasteiger partial charge in [-0.05, 0) is 32.8 Å². The second-order valence-electron chi connectivity index (χ2n) is 5.38. The number of hydrogen-bond donors (Lipinski definition) is 0. The molecule has 2 rings (SSSR count). The van der Waals surface area contributed by atoms with E-state index in [2.05, 4.69) is 4.98 Å². The monoisotopic (exact) mass is 313 g/mol. The summed E-state index contributed by atoms with van der Waals surface area (Å²) in [5, 5.41) is 0. The van der Waals surface area contributed by atoms with E-state index in [4.69, 9.17) is 9.47 Å². The molecule has 20 heavy (non-hydrogen) atoms. The maximum Gasteiger partial charge on any atom is 1.00 e. The molecule has 0 saturated carbocycles. The number of nitrogens with zero attached hydrogens (tertiary/aromatic N) is 1. The van der Waals surface area contributed by atoms with Crippen molar-refractivity contribution in [1.82, 2.24) is 4.98 Å². The Morgan fingerprint density at radius 1 is 1.40 bits per heavy atom. The van der Waals surface area contributed by atoms with Crippen molar-refractivity contribution in [2.24, 2.45) is 0 Å². The van der Waals surface area contributed by atoms with Crippen LogP contribution in [0.1, 0.15) is 26.7 Å². The predicted molar refractivity (Wildman–Crippen MR) is 66.6 cm³/mol. The van der Waals surface area contributed by atoms with Gasteiger partial charge in [0.2, 0.25) is 0 Å². The van der Waals surface area contributed by atoms with Crippen LogP contribution in [-0.4, -0.2) is 30.3 Å².